The second-order valence-corrected chi connectivity index (χ2v) is 6.54. The van der Waals surface area contributed by atoms with Gasteiger partial charge in [-0.1, -0.05) is 17.7 Å². The van der Waals surface area contributed by atoms with E-state index in [0.717, 1.165) is 23.2 Å². The van der Waals surface area contributed by atoms with E-state index in [2.05, 4.69) is 15.0 Å². The van der Waals surface area contributed by atoms with Crippen molar-refractivity contribution < 1.29 is 36.3 Å². The van der Waals surface area contributed by atoms with Crippen molar-refractivity contribution in [3.63, 3.8) is 0 Å². The average Bonchev–Trinajstić information content (AvgIpc) is 3.05. The van der Waals surface area contributed by atoms with E-state index >= 15 is 0 Å². The maximum absolute atomic E-state index is 14.7. The van der Waals surface area contributed by atoms with Crippen molar-refractivity contribution >= 4 is 23.5 Å². The van der Waals surface area contributed by atoms with Gasteiger partial charge in [-0.2, -0.15) is 8.78 Å². The molecule has 1 aliphatic rings. The van der Waals surface area contributed by atoms with Gasteiger partial charge in [0.1, 0.15) is 22.7 Å². The topological polar surface area (TPSA) is 97.6 Å². The number of halogens is 6. The van der Waals surface area contributed by atoms with Crippen molar-refractivity contribution in [1.82, 2.24) is 15.2 Å². The molecule has 1 aliphatic heterocycles. The fourth-order valence-electron chi connectivity index (χ4n) is 2.98. The zero-order chi connectivity index (χ0) is 22.2. The number of nitrogens with one attached hydrogen (secondary N) is 1. The van der Waals surface area contributed by atoms with Crippen LogP contribution in [0.25, 0.3) is 0 Å². The first-order valence-corrected chi connectivity index (χ1v) is 8.58. The number of carbonyl (C=O) groups is 2. The highest BCUT2D eigenvalue weighted by Crippen LogP contribution is 2.36. The van der Waals surface area contributed by atoms with Crippen LogP contribution in [-0.4, -0.2) is 41.0 Å². The predicted molar refractivity (Wildman–Crippen MR) is 92.3 cm³/mol. The molecule has 13 heteroatoms. The van der Waals surface area contributed by atoms with E-state index < -0.39 is 59.0 Å². The zero-order valence-corrected chi connectivity index (χ0v) is 15.5. The van der Waals surface area contributed by atoms with E-state index in [0.29, 0.717) is 6.07 Å². The van der Waals surface area contributed by atoms with Gasteiger partial charge in [-0.05, 0) is 12.1 Å². The normalized spacial score (nSPS) is 17.2. The molecule has 2 heterocycles. The summed E-state index contributed by atoms with van der Waals surface area (Å²) in [7, 11) is 0. The fourth-order valence-corrected chi connectivity index (χ4v) is 3.15. The second kappa shape index (κ2) is 8.30. The van der Waals surface area contributed by atoms with Gasteiger partial charge in [-0.25, -0.2) is 22.9 Å². The number of benzene rings is 1. The Hall–Kier alpha value is -3.15. The standard InChI is InChI=1S/C17H12ClF5N4O3/c18-11-8(19)2-1-7(12(11)21)13(27-5-10(14(24)28)26-17(27)29)6-3-9(20)15(25-4-6)30-16(22)23/h1-4,10,13,16H,5H2,(H2,24,28)(H,26,29)/t10?,13-/m0/s1. The molecule has 3 N–H and O–H groups in total. The molecule has 3 amide bonds. The van der Waals surface area contributed by atoms with E-state index in [-0.39, 0.29) is 17.7 Å². The molecule has 2 atom stereocenters. The van der Waals surface area contributed by atoms with Gasteiger partial charge in [0.25, 0.3) is 5.88 Å². The number of amides is 3. The summed E-state index contributed by atoms with van der Waals surface area (Å²) in [6.45, 7) is -3.69. The third kappa shape index (κ3) is 4.08. The molecule has 0 bridgehead atoms. The molecule has 30 heavy (non-hydrogen) atoms. The molecule has 1 saturated heterocycles. The highest BCUT2D eigenvalue weighted by atomic mass is 35.5. The van der Waals surface area contributed by atoms with Gasteiger partial charge < -0.3 is 20.7 Å². The van der Waals surface area contributed by atoms with Gasteiger partial charge in [0.15, 0.2) is 5.82 Å². The molecular formula is C17H12ClF5N4O3. The molecular weight excluding hydrogens is 439 g/mol. The molecule has 7 nitrogen and oxygen atoms in total. The highest BCUT2D eigenvalue weighted by molar-refractivity contribution is 6.31. The maximum Gasteiger partial charge on any atom is 0.388 e. The minimum absolute atomic E-state index is 0.184. The number of nitrogens with two attached hydrogens (primary N) is 1. The molecule has 1 fully saturated rings. The van der Waals surface area contributed by atoms with E-state index in [4.69, 9.17) is 17.3 Å². The van der Waals surface area contributed by atoms with Gasteiger partial charge in [0.2, 0.25) is 5.91 Å². The summed E-state index contributed by atoms with van der Waals surface area (Å²) in [5.41, 5.74) is 4.64. The fraction of sp³-hybridized carbons (Fsp3) is 0.235. The number of urea groups is 1. The molecule has 1 aromatic heterocycles. The Balaban J connectivity index is 2.12. The van der Waals surface area contributed by atoms with Crippen LogP contribution in [0, 0.1) is 17.5 Å². The van der Waals surface area contributed by atoms with E-state index in [1.54, 1.807) is 0 Å². The van der Waals surface area contributed by atoms with Crippen LogP contribution in [0.2, 0.25) is 5.02 Å². The van der Waals surface area contributed by atoms with Crippen molar-refractivity contribution in [2.75, 3.05) is 6.54 Å². The predicted octanol–water partition coefficient (Wildman–Crippen LogP) is 2.72. The van der Waals surface area contributed by atoms with Crippen molar-refractivity contribution in [2.24, 2.45) is 5.73 Å². The number of ether oxygens (including phenoxy) is 1. The van der Waals surface area contributed by atoms with Crippen LogP contribution in [0.1, 0.15) is 17.2 Å². The minimum Gasteiger partial charge on any atom is -0.414 e. The lowest BCUT2D eigenvalue weighted by molar-refractivity contribution is -0.119. The number of rotatable bonds is 6. The first-order valence-electron chi connectivity index (χ1n) is 8.20. The summed E-state index contributed by atoms with van der Waals surface area (Å²) < 4.78 is 71.2. The van der Waals surface area contributed by atoms with Crippen LogP contribution in [-0.2, 0) is 4.79 Å². The molecule has 160 valence electrons. The molecule has 1 aromatic carbocycles. The molecule has 3 rings (SSSR count). The largest absolute Gasteiger partial charge is 0.414 e. The number of alkyl halides is 2. The third-order valence-corrected chi connectivity index (χ3v) is 4.64. The van der Waals surface area contributed by atoms with Crippen LogP contribution in [0.3, 0.4) is 0 Å². The first-order chi connectivity index (χ1) is 14.1. The van der Waals surface area contributed by atoms with Crippen molar-refractivity contribution in [3.05, 3.63) is 58.0 Å². The quantitative estimate of drug-likeness (QED) is 0.522. The summed E-state index contributed by atoms with van der Waals surface area (Å²) in [4.78, 5) is 28.2. The number of hydrogen-bond acceptors (Lipinski definition) is 4. The van der Waals surface area contributed by atoms with Gasteiger partial charge in [-0.3, -0.25) is 4.79 Å². The van der Waals surface area contributed by atoms with Gasteiger partial charge >= 0.3 is 12.6 Å². The summed E-state index contributed by atoms with van der Waals surface area (Å²) in [5, 5.41) is 1.39. The Kier molecular flexibility index (Phi) is 5.97. The maximum atomic E-state index is 14.7. The summed E-state index contributed by atoms with van der Waals surface area (Å²) in [6, 6.07) is -0.971. The van der Waals surface area contributed by atoms with Crippen molar-refractivity contribution in [2.45, 2.75) is 18.7 Å². The van der Waals surface area contributed by atoms with Gasteiger partial charge in [0.05, 0.1) is 12.6 Å². The Morgan fingerprint density at radius 3 is 2.57 bits per heavy atom. The summed E-state index contributed by atoms with van der Waals surface area (Å²) >= 11 is 5.61. The molecule has 2 aromatic rings. The Bertz CT molecular complexity index is 1010. The number of hydrogen-bond donors (Lipinski definition) is 2. The van der Waals surface area contributed by atoms with Crippen LogP contribution in [0.4, 0.5) is 26.7 Å². The van der Waals surface area contributed by atoms with Gasteiger partial charge in [0, 0.05) is 17.3 Å². The van der Waals surface area contributed by atoms with Gasteiger partial charge in [-0.15, -0.1) is 0 Å². The van der Waals surface area contributed by atoms with E-state index in [9.17, 15) is 31.5 Å². The highest BCUT2D eigenvalue weighted by Gasteiger charge is 2.39. The number of nitrogens with zero attached hydrogens (tertiary/aromatic N) is 2. The van der Waals surface area contributed by atoms with Crippen molar-refractivity contribution in [1.29, 1.82) is 0 Å². The SMILES string of the molecule is NC(=O)C1CN([C@@H](c2cnc(OC(F)F)c(F)c2)c2ccc(F)c(Cl)c2F)C(=O)N1. The van der Waals surface area contributed by atoms with Crippen LogP contribution >= 0.6 is 11.6 Å². The minimum atomic E-state index is -3.34. The monoisotopic (exact) mass is 450 g/mol. The molecule has 0 radical (unpaired) electrons. The number of primary amides is 1. The molecule has 0 saturated carbocycles. The van der Waals surface area contributed by atoms with Crippen LogP contribution in [0.5, 0.6) is 5.88 Å². The second-order valence-electron chi connectivity index (χ2n) is 6.16. The Labute approximate surface area is 170 Å². The lowest BCUT2D eigenvalue weighted by Gasteiger charge is -2.28. The van der Waals surface area contributed by atoms with E-state index in [1.807, 2.05) is 0 Å². The lowest BCUT2D eigenvalue weighted by Crippen LogP contribution is -2.39. The number of carbonyl (C=O) groups excluding carboxylic acids is 2. The zero-order valence-electron chi connectivity index (χ0n) is 14.7. The third-order valence-electron chi connectivity index (χ3n) is 4.30. The van der Waals surface area contributed by atoms with E-state index in [1.165, 1.54) is 0 Å². The average molecular weight is 451 g/mol. The van der Waals surface area contributed by atoms with Crippen LogP contribution in [0.15, 0.2) is 24.4 Å². The molecule has 1 unspecified atom stereocenters. The first kappa shape index (κ1) is 21.6. The summed E-state index contributed by atoms with van der Waals surface area (Å²) in [5.74, 6) is -5.55. The Morgan fingerprint density at radius 2 is 2.00 bits per heavy atom. The lowest BCUT2D eigenvalue weighted by atomic mass is 9.97. The van der Waals surface area contributed by atoms with Crippen molar-refractivity contribution in [3.8, 4) is 5.88 Å². The van der Waals surface area contributed by atoms with Crippen LogP contribution < -0.4 is 15.8 Å². The Morgan fingerprint density at radius 1 is 1.30 bits per heavy atom. The molecule has 0 spiro atoms. The number of pyridine rings is 1. The summed E-state index contributed by atoms with van der Waals surface area (Å²) in [6.07, 6.45) is 0.868. The number of aromatic nitrogens is 1. The molecule has 0 aliphatic carbocycles. The smallest absolute Gasteiger partial charge is 0.388 e.